The SMILES string of the molecule is CC(C)(C)NC(=O)CN1CCCC1c1ccc2c(c1)OCCO2. The van der Waals surface area contributed by atoms with E-state index in [4.69, 9.17) is 9.47 Å². The Balaban J connectivity index is 1.70. The van der Waals surface area contributed by atoms with Crippen LogP contribution in [0.3, 0.4) is 0 Å². The van der Waals surface area contributed by atoms with Crippen LogP contribution in [0.15, 0.2) is 18.2 Å². The van der Waals surface area contributed by atoms with E-state index < -0.39 is 0 Å². The summed E-state index contributed by atoms with van der Waals surface area (Å²) in [6, 6.07) is 6.42. The molecule has 126 valence electrons. The third-order valence-corrected chi connectivity index (χ3v) is 4.18. The fourth-order valence-corrected chi connectivity index (χ4v) is 3.30. The van der Waals surface area contributed by atoms with Gasteiger partial charge in [0.25, 0.3) is 0 Å². The Hall–Kier alpha value is -1.75. The summed E-state index contributed by atoms with van der Waals surface area (Å²) >= 11 is 0. The zero-order valence-electron chi connectivity index (χ0n) is 14.2. The quantitative estimate of drug-likeness (QED) is 0.930. The molecule has 1 amide bonds. The van der Waals surface area contributed by atoms with Gasteiger partial charge >= 0.3 is 0 Å². The van der Waals surface area contributed by atoms with Crippen molar-refractivity contribution < 1.29 is 14.3 Å². The van der Waals surface area contributed by atoms with Gasteiger partial charge in [-0.25, -0.2) is 0 Å². The zero-order chi connectivity index (χ0) is 16.4. The number of carbonyl (C=O) groups excluding carboxylic acids is 1. The molecule has 1 fully saturated rings. The Morgan fingerprint density at radius 1 is 1.26 bits per heavy atom. The van der Waals surface area contributed by atoms with E-state index in [1.165, 1.54) is 5.56 Å². The van der Waals surface area contributed by atoms with Crippen LogP contribution < -0.4 is 14.8 Å². The molecule has 0 spiro atoms. The van der Waals surface area contributed by atoms with E-state index in [1.54, 1.807) is 0 Å². The molecule has 2 heterocycles. The number of hydrogen-bond acceptors (Lipinski definition) is 4. The Kier molecular flexibility index (Phi) is 4.48. The average Bonchev–Trinajstić information content (AvgIpc) is 2.92. The van der Waals surface area contributed by atoms with Crippen molar-refractivity contribution in [3.63, 3.8) is 0 Å². The molecular weight excluding hydrogens is 292 g/mol. The first-order valence-electron chi connectivity index (χ1n) is 8.37. The number of fused-ring (bicyclic) bond motifs is 1. The highest BCUT2D eigenvalue weighted by atomic mass is 16.6. The minimum absolute atomic E-state index is 0.0851. The molecule has 5 nitrogen and oxygen atoms in total. The number of ether oxygens (including phenoxy) is 2. The maximum absolute atomic E-state index is 12.2. The van der Waals surface area contributed by atoms with E-state index in [-0.39, 0.29) is 17.5 Å². The van der Waals surface area contributed by atoms with Crippen molar-refractivity contribution in [3.8, 4) is 11.5 Å². The van der Waals surface area contributed by atoms with Gasteiger partial charge in [-0.15, -0.1) is 0 Å². The molecule has 0 bridgehead atoms. The van der Waals surface area contributed by atoms with Gasteiger partial charge in [0.1, 0.15) is 13.2 Å². The van der Waals surface area contributed by atoms with Crippen LogP contribution in [0.1, 0.15) is 45.2 Å². The summed E-state index contributed by atoms with van der Waals surface area (Å²) < 4.78 is 11.3. The Bertz CT molecular complexity index is 580. The molecule has 1 aromatic carbocycles. The maximum Gasteiger partial charge on any atom is 0.234 e. The lowest BCUT2D eigenvalue weighted by Crippen LogP contribution is -2.45. The lowest BCUT2D eigenvalue weighted by atomic mass is 10.0. The third-order valence-electron chi connectivity index (χ3n) is 4.18. The van der Waals surface area contributed by atoms with Gasteiger partial charge in [-0.3, -0.25) is 9.69 Å². The summed E-state index contributed by atoms with van der Waals surface area (Å²) in [5.41, 5.74) is 1.01. The predicted molar refractivity (Wildman–Crippen MR) is 88.9 cm³/mol. The van der Waals surface area contributed by atoms with E-state index in [0.717, 1.165) is 30.9 Å². The topological polar surface area (TPSA) is 50.8 Å². The number of carbonyl (C=O) groups is 1. The molecule has 1 unspecified atom stereocenters. The third kappa shape index (κ3) is 3.96. The largest absolute Gasteiger partial charge is 0.486 e. The van der Waals surface area contributed by atoms with Crippen molar-refractivity contribution in [3.05, 3.63) is 23.8 Å². The number of likely N-dealkylation sites (tertiary alicyclic amines) is 1. The molecule has 1 saturated heterocycles. The summed E-state index contributed by atoms with van der Waals surface area (Å²) in [6.45, 7) is 8.62. The van der Waals surface area contributed by atoms with Crippen molar-refractivity contribution in [2.24, 2.45) is 0 Å². The highest BCUT2D eigenvalue weighted by Gasteiger charge is 2.29. The first-order chi connectivity index (χ1) is 10.9. The lowest BCUT2D eigenvalue weighted by molar-refractivity contribution is -0.123. The van der Waals surface area contributed by atoms with Crippen LogP contribution in [-0.2, 0) is 4.79 Å². The number of hydrogen-bond donors (Lipinski definition) is 1. The van der Waals surface area contributed by atoms with E-state index in [0.29, 0.717) is 19.8 Å². The molecule has 1 aromatic rings. The molecule has 1 atom stereocenters. The number of amides is 1. The lowest BCUT2D eigenvalue weighted by Gasteiger charge is -2.28. The highest BCUT2D eigenvalue weighted by Crippen LogP contribution is 2.37. The van der Waals surface area contributed by atoms with Gasteiger partial charge in [-0.1, -0.05) is 6.07 Å². The molecule has 2 aliphatic heterocycles. The molecule has 0 aromatic heterocycles. The molecule has 5 heteroatoms. The minimum Gasteiger partial charge on any atom is -0.486 e. The summed E-state index contributed by atoms with van der Waals surface area (Å²) in [4.78, 5) is 14.5. The highest BCUT2D eigenvalue weighted by molar-refractivity contribution is 5.78. The van der Waals surface area contributed by atoms with Crippen LogP contribution in [0.4, 0.5) is 0 Å². The molecular formula is C18H26N2O3. The number of nitrogens with one attached hydrogen (secondary N) is 1. The van der Waals surface area contributed by atoms with Crippen molar-refractivity contribution in [1.82, 2.24) is 10.2 Å². The molecule has 3 rings (SSSR count). The van der Waals surface area contributed by atoms with Gasteiger partial charge < -0.3 is 14.8 Å². The average molecular weight is 318 g/mol. The smallest absolute Gasteiger partial charge is 0.234 e. The van der Waals surface area contributed by atoms with Crippen molar-refractivity contribution >= 4 is 5.91 Å². The Morgan fingerprint density at radius 2 is 2.00 bits per heavy atom. The second kappa shape index (κ2) is 6.40. The van der Waals surface area contributed by atoms with E-state index >= 15 is 0 Å². The fourth-order valence-electron chi connectivity index (χ4n) is 3.30. The van der Waals surface area contributed by atoms with Crippen LogP contribution in [-0.4, -0.2) is 42.6 Å². The van der Waals surface area contributed by atoms with Crippen molar-refractivity contribution in [1.29, 1.82) is 0 Å². The first-order valence-corrected chi connectivity index (χ1v) is 8.37. The molecule has 0 saturated carbocycles. The fraction of sp³-hybridized carbons (Fsp3) is 0.611. The van der Waals surface area contributed by atoms with Gasteiger partial charge in [0.15, 0.2) is 11.5 Å². The normalized spacial score (nSPS) is 21.3. The first kappa shape index (κ1) is 16.1. The Morgan fingerprint density at radius 3 is 2.74 bits per heavy atom. The summed E-state index contributed by atoms with van der Waals surface area (Å²) in [5, 5.41) is 3.04. The van der Waals surface area contributed by atoms with Gasteiger partial charge in [0, 0.05) is 11.6 Å². The van der Waals surface area contributed by atoms with Gasteiger partial charge in [0.2, 0.25) is 5.91 Å². The van der Waals surface area contributed by atoms with E-state index in [1.807, 2.05) is 26.8 Å². The van der Waals surface area contributed by atoms with Gasteiger partial charge in [0.05, 0.1) is 6.54 Å². The second-order valence-electron chi connectivity index (χ2n) is 7.33. The van der Waals surface area contributed by atoms with E-state index in [9.17, 15) is 4.79 Å². The summed E-state index contributed by atoms with van der Waals surface area (Å²) in [6.07, 6.45) is 2.18. The second-order valence-corrected chi connectivity index (χ2v) is 7.33. The Labute approximate surface area is 137 Å². The number of rotatable bonds is 3. The molecule has 0 radical (unpaired) electrons. The van der Waals surface area contributed by atoms with Gasteiger partial charge in [-0.05, 0) is 57.9 Å². The van der Waals surface area contributed by atoms with Crippen LogP contribution in [0.5, 0.6) is 11.5 Å². The van der Waals surface area contributed by atoms with Crippen LogP contribution in [0.2, 0.25) is 0 Å². The van der Waals surface area contributed by atoms with Crippen LogP contribution in [0.25, 0.3) is 0 Å². The van der Waals surface area contributed by atoms with Gasteiger partial charge in [-0.2, -0.15) is 0 Å². The molecule has 2 aliphatic rings. The molecule has 23 heavy (non-hydrogen) atoms. The maximum atomic E-state index is 12.2. The van der Waals surface area contributed by atoms with Crippen molar-refractivity contribution in [2.45, 2.75) is 45.2 Å². The van der Waals surface area contributed by atoms with E-state index in [2.05, 4.69) is 22.3 Å². The minimum atomic E-state index is -0.191. The van der Waals surface area contributed by atoms with Crippen LogP contribution >= 0.6 is 0 Å². The summed E-state index contributed by atoms with van der Waals surface area (Å²) in [7, 11) is 0. The zero-order valence-corrected chi connectivity index (χ0v) is 14.2. The number of nitrogens with zero attached hydrogens (tertiary/aromatic N) is 1. The van der Waals surface area contributed by atoms with Crippen molar-refractivity contribution in [2.75, 3.05) is 26.3 Å². The standard InChI is InChI=1S/C18H26N2O3/c1-18(2,3)19-17(21)12-20-8-4-5-14(20)13-6-7-15-16(11-13)23-10-9-22-15/h6-7,11,14H,4-5,8-10,12H2,1-3H3,(H,19,21). The molecule has 1 N–H and O–H groups in total. The molecule has 0 aliphatic carbocycles. The predicted octanol–water partition coefficient (Wildman–Crippen LogP) is 2.51. The van der Waals surface area contributed by atoms with Crippen LogP contribution in [0, 0.1) is 0 Å². The monoisotopic (exact) mass is 318 g/mol. The summed E-state index contributed by atoms with van der Waals surface area (Å²) in [5.74, 6) is 1.72. The number of benzene rings is 1.